The summed E-state index contributed by atoms with van der Waals surface area (Å²) in [6.45, 7) is 0.783. The van der Waals surface area contributed by atoms with Crippen LogP contribution in [-0.4, -0.2) is 92.0 Å². The normalized spacial score (nSPS) is 12.1. The van der Waals surface area contributed by atoms with E-state index in [0.717, 1.165) is 0 Å². The van der Waals surface area contributed by atoms with Crippen molar-refractivity contribution in [3.8, 4) is 0 Å². The minimum atomic E-state index is -1.42. The van der Waals surface area contributed by atoms with Gasteiger partial charge in [-0.25, -0.2) is 19.6 Å². The molecule has 1 aromatic carbocycles. The standard InChI is InChI=1S/C27H35N11O7/c1-38(13-15-12-32-23-21(33-15)22(29)36-27(30)37-23)16-4-2-14(3-5-16)24(41)35-18(26(44)45)7-9-20(40)34-17(25(42)43)6-8-19(39)31-11-10-28/h2-5,12,17-18H,6-11,13,28H2,1H3,(H,31,39)(H,34,40)(H,35,41)(H,42,43)(H,44,45)(H4,29,30,32,36,37)/t17-,18-/m0/s1. The highest BCUT2D eigenvalue weighted by Crippen LogP contribution is 2.19. The van der Waals surface area contributed by atoms with E-state index in [9.17, 15) is 34.2 Å². The molecule has 3 amide bonds. The fourth-order valence-electron chi connectivity index (χ4n) is 4.13. The Morgan fingerprint density at radius 3 is 2.13 bits per heavy atom. The first kappa shape index (κ1) is 33.8. The summed E-state index contributed by atoms with van der Waals surface area (Å²) in [5, 5.41) is 26.1. The van der Waals surface area contributed by atoms with Crippen molar-refractivity contribution in [2.45, 2.75) is 44.3 Å². The van der Waals surface area contributed by atoms with Gasteiger partial charge in [-0.2, -0.15) is 9.97 Å². The quantitative estimate of drug-likeness (QED) is 0.0908. The van der Waals surface area contributed by atoms with Crippen LogP contribution in [0.25, 0.3) is 11.2 Å². The Kier molecular flexibility index (Phi) is 11.8. The molecule has 3 rings (SSSR count). The Labute approximate surface area is 256 Å². The topological polar surface area (TPSA) is 295 Å². The first-order valence-electron chi connectivity index (χ1n) is 13.8. The van der Waals surface area contributed by atoms with Crippen molar-refractivity contribution in [3.05, 3.63) is 41.7 Å². The zero-order valence-corrected chi connectivity index (χ0v) is 24.4. The van der Waals surface area contributed by atoms with Crippen molar-refractivity contribution in [2.24, 2.45) is 5.73 Å². The molecule has 0 saturated carbocycles. The van der Waals surface area contributed by atoms with Crippen LogP contribution >= 0.6 is 0 Å². The van der Waals surface area contributed by atoms with Gasteiger partial charge in [0.05, 0.1) is 18.4 Å². The average Bonchev–Trinajstić information content (AvgIpc) is 3.00. The molecule has 2 aromatic heterocycles. The van der Waals surface area contributed by atoms with Gasteiger partial charge in [-0.15, -0.1) is 0 Å². The summed E-state index contributed by atoms with van der Waals surface area (Å²) in [5.74, 6) is -4.46. The molecule has 18 nitrogen and oxygen atoms in total. The predicted octanol–water partition coefficient (Wildman–Crippen LogP) is -1.39. The lowest BCUT2D eigenvalue weighted by Crippen LogP contribution is -2.44. The number of carboxylic acids is 2. The molecule has 240 valence electrons. The Balaban J connectivity index is 1.54. The maximum Gasteiger partial charge on any atom is 0.326 e. The third-order valence-corrected chi connectivity index (χ3v) is 6.49. The lowest BCUT2D eigenvalue weighted by atomic mass is 10.1. The number of nitrogens with zero attached hydrogens (tertiary/aromatic N) is 5. The Morgan fingerprint density at radius 2 is 1.51 bits per heavy atom. The molecule has 0 saturated heterocycles. The molecule has 0 fully saturated rings. The van der Waals surface area contributed by atoms with Crippen molar-refractivity contribution >= 4 is 58.3 Å². The van der Waals surface area contributed by atoms with Crippen LogP contribution in [0.2, 0.25) is 0 Å². The van der Waals surface area contributed by atoms with Crippen molar-refractivity contribution in [1.82, 2.24) is 35.9 Å². The minimum absolute atomic E-state index is 0.00836. The van der Waals surface area contributed by atoms with E-state index in [4.69, 9.17) is 17.2 Å². The third-order valence-electron chi connectivity index (χ3n) is 6.49. The smallest absolute Gasteiger partial charge is 0.326 e. The van der Waals surface area contributed by atoms with Crippen molar-refractivity contribution < 1.29 is 34.2 Å². The van der Waals surface area contributed by atoms with Crippen LogP contribution in [0, 0.1) is 0 Å². The van der Waals surface area contributed by atoms with Gasteiger partial charge in [0.25, 0.3) is 5.91 Å². The van der Waals surface area contributed by atoms with Crippen LogP contribution in [0.15, 0.2) is 30.5 Å². The van der Waals surface area contributed by atoms with Crippen molar-refractivity contribution in [1.29, 1.82) is 0 Å². The number of carboxylic acid groups (broad SMARTS) is 2. The lowest BCUT2D eigenvalue weighted by Gasteiger charge is -2.20. The second-order valence-electron chi connectivity index (χ2n) is 9.94. The first-order chi connectivity index (χ1) is 21.4. The number of aromatic nitrogens is 4. The highest BCUT2D eigenvalue weighted by molar-refractivity contribution is 5.97. The van der Waals surface area contributed by atoms with Gasteiger partial charge in [-0.05, 0) is 37.1 Å². The SMILES string of the molecule is CN(Cc1cnc2nc(N)nc(N)c2n1)c1ccc(C(=O)N[C@@H](CCC(=O)N[C@@H](CCC(=O)NCCN)C(=O)O)C(=O)O)cc1. The van der Waals surface area contributed by atoms with Gasteiger partial charge in [0.15, 0.2) is 17.0 Å². The van der Waals surface area contributed by atoms with E-state index in [-0.39, 0.29) is 61.7 Å². The highest BCUT2D eigenvalue weighted by Gasteiger charge is 2.25. The van der Waals surface area contributed by atoms with Crippen molar-refractivity contribution in [3.63, 3.8) is 0 Å². The number of carbonyl (C=O) groups excluding carboxylic acids is 3. The zero-order chi connectivity index (χ0) is 33.1. The molecule has 18 heteroatoms. The van der Waals surface area contributed by atoms with Gasteiger partial charge < -0.3 is 48.3 Å². The van der Waals surface area contributed by atoms with E-state index in [1.807, 2.05) is 4.90 Å². The summed E-state index contributed by atoms with van der Waals surface area (Å²) in [4.78, 5) is 78.5. The Hall–Kier alpha value is -5.65. The molecule has 3 aromatic rings. The number of carbonyl (C=O) groups is 5. The molecular weight excluding hydrogens is 590 g/mol. The number of anilines is 3. The van der Waals surface area contributed by atoms with Crippen LogP contribution in [0.3, 0.4) is 0 Å². The minimum Gasteiger partial charge on any atom is -0.480 e. The van der Waals surface area contributed by atoms with E-state index >= 15 is 0 Å². The van der Waals surface area contributed by atoms with E-state index in [0.29, 0.717) is 23.4 Å². The lowest BCUT2D eigenvalue weighted by molar-refractivity contribution is -0.143. The van der Waals surface area contributed by atoms with Crippen LogP contribution < -0.4 is 38.1 Å². The van der Waals surface area contributed by atoms with Crippen LogP contribution in [0.1, 0.15) is 41.7 Å². The number of benzene rings is 1. The second-order valence-corrected chi connectivity index (χ2v) is 9.94. The number of aliphatic carboxylic acids is 2. The number of hydrogen-bond acceptors (Lipinski definition) is 13. The predicted molar refractivity (Wildman–Crippen MR) is 161 cm³/mol. The van der Waals surface area contributed by atoms with Crippen LogP contribution in [0.4, 0.5) is 17.5 Å². The van der Waals surface area contributed by atoms with E-state index < -0.39 is 41.7 Å². The third kappa shape index (κ3) is 9.95. The summed E-state index contributed by atoms with van der Waals surface area (Å²) >= 11 is 0. The summed E-state index contributed by atoms with van der Waals surface area (Å²) in [7, 11) is 1.79. The number of nitrogen functional groups attached to an aromatic ring is 2. The fourth-order valence-corrected chi connectivity index (χ4v) is 4.13. The molecule has 2 heterocycles. The summed E-state index contributed by atoms with van der Waals surface area (Å²) in [6.07, 6.45) is 0.525. The molecule has 45 heavy (non-hydrogen) atoms. The second kappa shape index (κ2) is 15.7. The van der Waals surface area contributed by atoms with E-state index in [1.165, 1.54) is 18.3 Å². The Bertz CT molecular complexity index is 1550. The Morgan fingerprint density at radius 1 is 0.889 bits per heavy atom. The van der Waals surface area contributed by atoms with Crippen LogP contribution in [0.5, 0.6) is 0 Å². The van der Waals surface area contributed by atoms with Gasteiger partial charge in [0.2, 0.25) is 17.8 Å². The summed E-state index contributed by atoms with van der Waals surface area (Å²) in [5.41, 5.74) is 18.8. The van der Waals surface area contributed by atoms with Crippen molar-refractivity contribution in [2.75, 3.05) is 36.5 Å². The van der Waals surface area contributed by atoms with Crippen LogP contribution in [-0.2, 0) is 25.7 Å². The van der Waals surface area contributed by atoms with Gasteiger partial charge in [0.1, 0.15) is 12.1 Å². The summed E-state index contributed by atoms with van der Waals surface area (Å²) < 4.78 is 0. The highest BCUT2D eigenvalue weighted by atomic mass is 16.4. The number of nitrogens with two attached hydrogens (primary N) is 3. The molecular formula is C27H35N11O7. The maximum atomic E-state index is 12.8. The molecule has 11 N–H and O–H groups in total. The van der Waals surface area contributed by atoms with Gasteiger partial charge >= 0.3 is 11.9 Å². The summed E-state index contributed by atoms with van der Waals surface area (Å²) in [6, 6.07) is 3.56. The number of hydrogen-bond donors (Lipinski definition) is 8. The fraction of sp³-hybridized carbons (Fsp3) is 0.370. The monoisotopic (exact) mass is 625 g/mol. The number of nitrogens with one attached hydrogen (secondary N) is 3. The van der Waals surface area contributed by atoms with E-state index in [2.05, 4.69) is 35.9 Å². The molecule has 0 aliphatic carbocycles. The van der Waals surface area contributed by atoms with Gasteiger partial charge in [-0.3, -0.25) is 14.4 Å². The molecule has 0 aliphatic heterocycles. The molecule has 2 atom stereocenters. The van der Waals surface area contributed by atoms with Gasteiger partial charge in [0, 0.05) is 44.2 Å². The average molecular weight is 626 g/mol. The molecule has 0 bridgehead atoms. The van der Waals surface area contributed by atoms with Gasteiger partial charge in [-0.1, -0.05) is 0 Å². The maximum absolute atomic E-state index is 12.8. The first-order valence-corrected chi connectivity index (χ1v) is 13.8. The molecule has 0 unspecified atom stereocenters. The largest absolute Gasteiger partial charge is 0.480 e. The van der Waals surface area contributed by atoms with E-state index in [1.54, 1.807) is 19.2 Å². The molecule has 0 radical (unpaired) electrons. The molecule has 0 spiro atoms. The number of amides is 3. The number of fused-ring (bicyclic) bond motifs is 1. The zero-order valence-electron chi connectivity index (χ0n) is 24.4. The molecule has 0 aliphatic rings. The number of rotatable bonds is 16.